The van der Waals surface area contributed by atoms with Gasteiger partial charge in [0, 0.05) is 7.05 Å². The Hall–Kier alpha value is -3.09. The normalized spacial score (nSPS) is 11.6. The number of benzene rings is 1. The van der Waals surface area contributed by atoms with Crippen molar-refractivity contribution in [1.29, 1.82) is 0 Å². The lowest BCUT2D eigenvalue weighted by Crippen LogP contribution is -2.39. The van der Waals surface area contributed by atoms with Crippen LogP contribution in [0.1, 0.15) is 16.9 Å². The van der Waals surface area contributed by atoms with Gasteiger partial charge in [-0.25, -0.2) is 4.79 Å². The van der Waals surface area contributed by atoms with Gasteiger partial charge < -0.3 is 4.42 Å². The maximum Gasteiger partial charge on any atom is 0.332 e. The van der Waals surface area contributed by atoms with E-state index in [9.17, 15) is 9.59 Å². The highest BCUT2D eigenvalue weighted by Gasteiger charge is 2.19. The van der Waals surface area contributed by atoms with Crippen molar-refractivity contribution < 1.29 is 4.42 Å². The number of rotatable bonds is 2. The Balaban J connectivity index is 2.01. The summed E-state index contributed by atoms with van der Waals surface area (Å²) in [4.78, 5) is 29.8. The van der Waals surface area contributed by atoms with E-state index < -0.39 is 5.69 Å². The van der Waals surface area contributed by atoms with Crippen LogP contribution < -0.4 is 11.2 Å². The predicted octanol–water partition coefficient (Wildman–Crippen LogP) is 1.61. The van der Waals surface area contributed by atoms with E-state index in [0.717, 1.165) is 11.1 Å². The fourth-order valence-electron chi connectivity index (χ4n) is 2.88. The second-order valence-electron chi connectivity index (χ2n) is 6.00. The number of nitrogens with zero attached hydrogens (tertiary/aromatic N) is 4. The van der Waals surface area contributed by atoms with E-state index in [1.54, 1.807) is 24.6 Å². The van der Waals surface area contributed by atoms with Crippen LogP contribution >= 0.6 is 0 Å². The molecule has 0 bridgehead atoms. The number of oxazole rings is 1. The Morgan fingerprint density at radius 1 is 1.12 bits per heavy atom. The largest absolute Gasteiger partial charge is 0.428 e. The van der Waals surface area contributed by atoms with Gasteiger partial charge in [0.05, 0.1) is 12.7 Å². The summed E-state index contributed by atoms with van der Waals surface area (Å²) < 4.78 is 9.66. The minimum atomic E-state index is -0.398. The highest BCUT2D eigenvalue weighted by Crippen LogP contribution is 2.15. The molecule has 4 rings (SSSR count). The molecular weight excluding hydrogens is 308 g/mol. The second-order valence-corrected chi connectivity index (χ2v) is 6.00. The molecule has 0 N–H and O–H groups in total. The highest BCUT2D eigenvalue weighted by atomic mass is 16.4. The molecule has 0 saturated carbocycles. The fourth-order valence-corrected chi connectivity index (χ4v) is 2.88. The maximum atomic E-state index is 12.9. The number of hydrogen-bond acceptors (Lipinski definition) is 4. The number of aromatic nitrogens is 4. The lowest BCUT2D eigenvalue weighted by atomic mass is 10.1. The molecular formula is C17H16N4O3. The Labute approximate surface area is 136 Å². The van der Waals surface area contributed by atoms with Gasteiger partial charge in [0.2, 0.25) is 0 Å². The van der Waals surface area contributed by atoms with Crippen LogP contribution in [0.15, 0.2) is 44.5 Å². The molecule has 7 heteroatoms. The molecule has 0 amide bonds. The monoisotopic (exact) mass is 324 g/mol. The van der Waals surface area contributed by atoms with Crippen molar-refractivity contribution in [2.75, 3.05) is 0 Å². The first-order valence-corrected chi connectivity index (χ1v) is 7.59. The Kier molecular flexibility index (Phi) is 2.99. The third kappa shape index (κ3) is 2.01. The van der Waals surface area contributed by atoms with E-state index >= 15 is 0 Å². The van der Waals surface area contributed by atoms with Gasteiger partial charge in [-0.2, -0.15) is 4.98 Å². The smallest absolute Gasteiger partial charge is 0.332 e. The maximum absolute atomic E-state index is 12.9. The minimum absolute atomic E-state index is 0.214. The predicted molar refractivity (Wildman–Crippen MR) is 89.5 cm³/mol. The summed E-state index contributed by atoms with van der Waals surface area (Å²) in [5, 5.41) is 0. The molecule has 24 heavy (non-hydrogen) atoms. The fraction of sp³-hybridized carbons (Fsp3) is 0.235. The van der Waals surface area contributed by atoms with Gasteiger partial charge in [0.25, 0.3) is 5.56 Å². The Bertz CT molecular complexity index is 1190. The second kappa shape index (κ2) is 4.95. The molecule has 3 heterocycles. The molecule has 0 atom stereocenters. The molecule has 122 valence electrons. The number of fused-ring (bicyclic) bond motifs is 3. The van der Waals surface area contributed by atoms with Crippen LogP contribution in [0.3, 0.4) is 0 Å². The van der Waals surface area contributed by atoms with Crippen LogP contribution in [0.25, 0.3) is 17.0 Å². The molecule has 0 spiro atoms. The van der Waals surface area contributed by atoms with Gasteiger partial charge in [0.15, 0.2) is 11.2 Å². The molecule has 3 aromatic heterocycles. The lowest BCUT2D eigenvalue weighted by molar-refractivity contribution is 0.563. The van der Waals surface area contributed by atoms with Crippen LogP contribution in [0.2, 0.25) is 0 Å². The first kappa shape index (κ1) is 14.5. The van der Waals surface area contributed by atoms with E-state index in [1.807, 2.05) is 31.2 Å². The van der Waals surface area contributed by atoms with Crippen molar-refractivity contribution >= 4 is 17.0 Å². The SMILES string of the molecule is Cc1ccc(Cn2c(=O)c3c(nc4oc(C)cn43)n(C)c2=O)cc1. The third-order valence-electron chi connectivity index (χ3n) is 4.17. The van der Waals surface area contributed by atoms with Gasteiger partial charge in [-0.15, -0.1) is 0 Å². The molecule has 4 aromatic rings. The molecule has 1 aromatic carbocycles. The van der Waals surface area contributed by atoms with Gasteiger partial charge in [-0.3, -0.25) is 18.3 Å². The van der Waals surface area contributed by atoms with Crippen LogP contribution in [-0.2, 0) is 13.6 Å². The topological polar surface area (TPSA) is 74.4 Å². The molecule has 0 saturated heterocycles. The van der Waals surface area contributed by atoms with Crippen molar-refractivity contribution in [2.45, 2.75) is 20.4 Å². The van der Waals surface area contributed by atoms with Crippen molar-refractivity contribution in [3.8, 4) is 0 Å². The van der Waals surface area contributed by atoms with E-state index in [-0.39, 0.29) is 12.1 Å². The minimum Gasteiger partial charge on any atom is -0.428 e. The first-order chi connectivity index (χ1) is 11.5. The van der Waals surface area contributed by atoms with Crippen molar-refractivity contribution in [2.24, 2.45) is 7.05 Å². The lowest BCUT2D eigenvalue weighted by Gasteiger charge is -2.08. The highest BCUT2D eigenvalue weighted by molar-refractivity contribution is 5.74. The summed E-state index contributed by atoms with van der Waals surface area (Å²) in [5.41, 5.74) is 1.91. The molecule has 7 nitrogen and oxygen atoms in total. The van der Waals surface area contributed by atoms with Crippen LogP contribution in [0, 0.1) is 13.8 Å². The Morgan fingerprint density at radius 2 is 1.83 bits per heavy atom. The quantitative estimate of drug-likeness (QED) is 0.561. The van der Waals surface area contributed by atoms with Crippen molar-refractivity contribution in [1.82, 2.24) is 18.5 Å². The van der Waals surface area contributed by atoms with Crippen LogP contribution in [0.4, 0.5) is 0 Å². The molecule has 0 aliphatic heterocycles. The number of hydrogen-bond donors (Lipinski definition) is 0. The summed E-state index contributed by atoms with van der Waals surface area (Å²) in [6, 6.07) is 7.75. The summed E-state index contributed by atoms with van der Waals surface area (Å²) in [6.07, 6.45) is 1.70. The average molecular weight is 324 g/mol. The zero-order valence-corrected chi connectivity index (χ0v) is 13.6. The summed E-state index contributed by atoms with van der Waals surface area (Å²) in [6.45, 7) is 3.99. The van der Waals surface area contributed by atoms with Gasteiger partial charge >= 0.3 is 11.5 Å². The van der Waals surface area contributed by atoms with E-state index in [0.29, 0.717) is 22.8 Å². The van der Waals surface area contributed by atoms with Crippen LogP contribution in [-0.4, -0.2) is 18.5 Å². The molecule has 0 unspecified atom stereocenters. The zero-order chi connectivity index (χ0) is 17.0. The summed E-state index contributed by atoms with van der Waals surface area (Å²) in [7, 11) is 1.61. The van der Waals surface area contributed by atoms with E-state index in [2.05, 4.69) is 4.98 Å². The number of imidazole rings is 1. The molecule has 0 aliphatic rings. The first-order valence-electron chi connectivity index (χ1n) is 7.59. The van der Waals surface area contributed by atoms with Gasteiger partial charge in [0.1, 0.15) is 5.76 Å². The zero-order valence-electron chi connectivity index (χ0n) is 13.6. The number of aryl methyl sites for hydroxylation is 3. The summed E-state index contributed by atoms with van der Waals surface area (Å²) in [5.74, 6) is 0.959. The van der Waals surface area contributed by atoms with Crippen molar-refractivity contribution in [3.63, 3.8) is 0 Å². The van der Waals surface area contributed by atoms with Gasteiger partial charge in [-0.1, -0.05) is 29.8 Å². The standard InChI is InChI=1S/C17H16N4O3/c1-10-4-6-12(7-5-10)9-21-15(22)13-14(19(3)17(21)23)18-16-20(13)8-11(2)24-16/h4-8H,9H2,1-3H3. The van der Waals surface area contributed by atoms with E-state index in [1.165, 1.54) is 9.13 Å². The van der Waals surface area contributed by atoms with Crippen molar-refractivity contribution in [3.05, 3.63) is 68.2 Å². The molecule has 0 radical (unpaired) electrons. The molecule has 0 aliphatic carbocycles. The third-order valence-corrected chi connectivity index (χ3v) is 4.17. The molecule has 0 fully saturated rings. The van der Waals surface area contributed by atoms with E-state index in [4.69, 9.17) is 4.42 Å². The average Bonchev–Trinajstić information content (AvgIpc) is 3.07. The summed E-state index contributed by atoms with van der Waals surface area (Å²) >= 11 is 0. The Morgan fingerprint density at radius 3 is 2.54 bits per heavy atom. The van der Waals surface area contributed by atoms with Crippen LogP contribution in [0.5, 0.6) is 0 Å². The van der Waals surface area contributed by atoms with Gasteiger partial charge in [-0.05, 0) is 19.4 Å².